The van der Waals surface area contributed by atoms with Crippen molar-refractivity contribution in [1.82, 2.24) is 10.2 Å². The third kappa shape index (κ3) is 2.82. The highest BCUT2D eigenvalue weighted by Crippen LogP contribution is 2.22. The SMILES string of the molecule is CCc1cc(C(=O)Nc2cc(C(=O)O)[nH]n2)sc1C. The monoisotopic (exact) mass is 279 g/mol. The van der Waals surface area contributed by atoms with Crippen molar-refractivity contribution in [3.63, 3.8) is 0 Å². The maximum absolute atomic E-state index is 12.0. The number of carbonyl (C=O) groups is 2. The molecule has 19 heavy (non-hydrogen) atoms. The first-order valence-corrected chi connectivity index (χ1v) is 6.52. The highest BCUT2D eigenvalue weighted by Gasteiger charge is 2.14. The lowest BCUT2D eigenvalue weighted by atomic mass is 10.2. The zero-order chi connectivity index (χ0) is 14.0. The van der Waals surface area contributed by atoms with Crippen molar-refractivity contribution in [3.8, 4) is 0 Å². The van der Waals surface area contributed by atoms with E-state index in [1.807, 2.05) is 19.9 Å². The molecule has 0 unspecified atom stereocenters. The number of nitrogens with zero attached hydrogens (tertiary/aromatic N) is 1. The smallest absolute Gasteiger partial charge is 0.353 e. The number of aromatic amines is 1. The maximum atomic E-state index is 12.0. The average Bonchev–Trinajstić information content (AvgIpc) is 2.95. The summed E-state index contributed by atoms with van der Waals surface area (Å²) < 4.78 is 0. The predicted octanol–water partition coefficient (Wildman–Crippen LogP) is 2.29. The number of thiophene rings is 1. The summed E-state index contributed by atoms with van der Waals surface area (Å²) in [7, 11) is 0. The summed E-state index contributed by atoms with van der Waals surface area (Å²) in [4.78, 5) is 24.4. The number of carboxylic acids is 1. The first-order valence-electron chi connectivity index (χ1n) is 5.70. The molecule has 0 bridgehead atoms. The summed E-state index contributed by atoms with van der Waals surface area (Å²) in [5, 5.41) is 17.4. The van der Waals surface area contributed by atoms with E-state index in [0.717, 1.165) is 16.9 Å². The number of carbonyl (C=O) groups excluding carboxylic acids is 1. The van der Waals surface area contributed by atoms with E-state index in [0.29, 0.717) is 4.88 Å². The van der Waals surface area contributed by atoms with Crippen LogP contribution in [0, 0.1) is 6.92 Å². The van der Waals surface area contributed by atoms with Gasteiger partial charge in [0.25, 0.3) is 5.91 Å². The van der Waals surface area contributed by atoms with E-state index in [1.165, 1.54) is 17.4 Å². The van der Waals surface area contributed by atoms with Crippen LogP contribution >= 0.6 is 11.3 Å². The third-order valence-corrected chi connectivity index (χ3v) is 3.77. The first kappa shape index (κ1) is 13.3. The first-order chi connectivity index (χ1) is 9.01. The Morgan fingerprint density at radius 3 is 2.74 bits per heavy atom. The summed E-state index contributed by atoms with van der Waals surface area (Å²) in [6.07, 6.45) is 0.876. The van der Waals surface area contributed by atoms with Crippen molar-refractivity contribution in [2.24, 2.45) is 0 Å². The minimum absolute atomic E-state index is 0.0630. The molecule has 2 rings (SSSR count). The molecule has 0 saturated heterocycles. The Morgan fingerprint density at radius 1 is 1.47 bits per heavy atom. The normalized spacial score (nSPS) is 10.4. The zero-order valence-corrected chi connectivity index (χ0v) is 11.3. The van der Waals surface area contributed by atoms with Crippen molar-refractivity contribution in [2.45, 2.75) is 20.3 Å². The maximum Gasteiger partial charge on any atom is 0.353 e. The Hall–Kier alpha value is -2.15. The van der Waals surface area contributed by atoms with Crippen LogP contribution in [-0.2, 0) is 6.42 Å². The van der Waals surface area contributed by atoms with Gasteiger partial charge in [-0.2, -0.15) is 5.10 Å². The molecular weight excluding hydrogens is 266 g/mol. The van der Waals surface area contributed by atoms with Gasteiger partial charge >= 0.3 is 5.97 Å². The van der Waals surface area contributed by atoms with Gasteiger partial charge in [-0.25, -0.2) is 4.79 Å². The van der Waals surface area contributed by atoms with E-state index in [-0.39, 0.29) is 17.4 Å². The highest BCUT2D eigenvalue weighted by atomic mass is 32.1. The molecule has 7 heteroatoms. The van der Waals surface area contributed by atoms with E-state index in [4.69, 9.17) is 5.11 Å². The number of rotatable bonds is 4. The van der Waals surface area contributed by atoms with Gasteiger partial charge in [-0.15, -0.1) is 11.3 Å². The van der Waals surface area contributed by atoms with Crippen LogP contribution in [0.2, 0.25) is 0 Å². The van der Waals surface area contributed by atoms with Crippen LogP contribution in [0.3, 0.4) is 0 Å². The second-order valence-corrected chi connectivity index (χ2v) is 5.23. The van der Waals surface area contributed by atoms with Gasteiger partial charge in [-0.05, 0) is 25.0 Å². The molecule has 0 atom stereocenters. The minimum Gasteiger partial charge on any atom is -0.477 e. The second kappa shape index (κ2) is 5.23. The standard InChI is InChI=1S/C12H13N3O3S/c1-3-7-4-9(19-6(7)2)11(16)13-10-5-8(12(17)18)14-15-10/h4-5H,3H2,1-2H3,(H,17,18)(H2,13,14,15,16). The number of carboxylic acid groups (broad SMARTS) is 1. The lowest BCUT2D eigenvalue weighted by molar-refractivity contribution is 0.0690. The summed E-state index contributed by atoms with van der Waals surface area (Å²) >= 11 is 1.41. The Balaban J connectivity index is 2.13. The van der Waals surface area contributed by atoms with Crippen molar-refractivity contribution in [3.05, 3.63) is 33.1 Å². The van der Waals surface area contributed by atoms with E-state index in [9.17, 15) is 9.59 Å². The fraction of sp³-hybridized carbons (Fsp3) is 0.250. The van der Waals surface area contributed by atoms with Crippen LogP contribution < -0.4 is 5.32 Å². The molecule has 0 aliphatic carbocycles. The molecule has 0 radical (unpaired) electrons. The number of nitrogens with one attached hydrogen (secondary N) is 2. The van der Waals surface area contributed by atoms with Gasteiger partial charge in [-0.1, -0.05) is 6.92 Å². The topological polar surface area (TPSA) is 95.1 Å². The number of H-pyrrole nitrogens is 1. The molecule has 6 nitrogen and oxygen atoms in total. The number of aromatic carboxylic acids is 1. The molecule has 0 saturated carbocycles. The van der Waals surface area contributed by atoms with Crippen molar-refractivity contribution >= 4 is 29.0 Å². The third-order valence-electron chi connectivity index (χ3n) is 2.68. The number of amides is 1. The molecule has 2 aromatic rings. The Morgan fingerprint density at radius 2 is 2.21 bits per heavy atom. The van der Waals surface area contributed by atoms with Crippen molar-refractivity contribution in [1.29, 1.82) is 0 Å². The highest BCUT2D eigenvalue weighted by molar-refractivity contribution is 7.14. The van der Waals surface area contributed by atoms with Gasteiger partial charge in [0.05, 0.1) is 4.88 Å². The van der Waals surface area contributed by atoms with Crippen LogP contribution in [0.1, 0.15) is 37.5 Å². The lowest BCUT2D eigenvalue weighted by Crippen LogP contribution is -2.10. The van der Waals surface area contributed by atoms with Crippen molar-refractivity contribution in [2.75, 3.05) is 5.32 Å². The number of anilines is 1. The number of aromatic nitrogens is 2. The van der Waals surface area contributed by atoms with Gasteiger partial charge < -0.3 is 10.4 Å². The van der Waals surface area contributed by atoms with Crippen LogP contribution in [0.4, 0.5) is 5.82 Å². The van der Waals surface area contributed by atoms with Gasteiger partial charge in [0.1, 0.15) is 5.69 Å². The summed E-state index contributed by atoms with van der Waals surface area (Å²) in [6.45, 7) is 4.00. The predicted molar refractivity (Wildman–Crippen MR) is 71.9 cm³/mol. The Labute approximate surface area is 113 Å². The molecule has 0 fully saturated rings. The van der Waals surface area contributed by atoms with Crippen LogP contribution in [-0.4, -0.2) is 27.2 Å². The summed E-state index contributed by atoms with van der Waals surface area (Å²) in [5.41, 5.74) is 1.08. The molecule has 0 aliphatic heterocycles. The van der Waals surface area contributed by atoms with E-state index in [2.05, 4.69) is 15.5 Å². The molecule has 0 spiro atoms. The van der Waals surface area contributed by atoms with Crippen molar-refractivity contribution < 1.29 is 14.7 Å². The average molecular weight is 279 g/mol. The molecular formula is C12H13N3O3S. The molecule has 100 valence electrons. The van der Waals surface area contributed by atoms with Crippen LogP contribution in [0.5, 0.6) is 0 Å². The molecule has 0 aromatic carbocycles. The second-order valence-electron chi connectivity index (χ2n) is 3.97. The molecule has 3 N–H and O–H groups in total. The molecule has 0 aliphatic rings. The lowest BCUT2D eigenvalue weighted by Gasteiger charge is -1.97. The molecule has 2 heterocycles. The van der Waals surface area contributed by atoms with Gasteiger partial charge in [0.15, 0.2) is 5.82 Å². The fourth-order valence-electron chi connectivity index (χ4n) is 1.66. The fourth-order valence-corrected chi connectivity index (χ4v) is 2.67. The minimum atomic E-state index is -1.12. The van der Waals surface area contributed by atoms with Gasteiger partial charge in [0, 0.05) is 10.9 Å². The summed E-state index contributed by atoms with van der Waals surface area (Å²) in [5.74, 6) is -1.20. The van der Waals surface area contributed by atoms with E-state index < -0.39 is 5.97 Å². The van der Waals surface area contributed by atoms with Crippen LogP contribution in [0.15, 0.2) is 12.1 Å². The van der Waals surface area contributed by atoms with E-state index >= 15 is 0 Å². The van der Waals surface area contributed by atoms with Gasteiger partial charge in [0.2, 0.25) is 0 Å². The summed E-state index contributed by atoms with van der Waals surface area (Å²) in [6, 6.07) is 3.13. The Bertz CT molecular complexity index is 630. The largest absolute Gasteiger partial charge is 0.477 e. The Kier molecular flexibility index (Phi) is 3.66. The quantitative estimate of drug-likeness (QED) is 0.800. The van der Waals surface area contributed by atoms with Gasteiger partial charge in [-0.3, -0.25) is 9.89 Å². The van der Waals surface area contributed by atoms with Crippen LogP contribution in [0.25, 0.3) is 0 Å². The molecule has 1 amide bonds. The zero-order valence-electron chi connectivity index (χ0n) is 10.5. The number of hydrogen-bond acceptors (Lipinski definition) is 4. The van der Waals surface area contributed by atoms with E-state index in [1.54, 1.807) is 0 Å². The number of hydrogen-bond donors (Lipinski definition) is 3. The molecule has 2 aromatic heterocycles. The number of aryl methyl sites for hydroxylation is 2.